The Morgan fingerprint density at radius 1 is 0.262 bits per heavy atom. The van der Waals surface area contributed by atoms with E-state index in [1.807, 2.05) is 0 Å². The number of hydrogen-bond acceptors (Lipinski definition) is 1. The van der Waals surface area contributed by atoms with Crippen molar-refractivity contribution in [2.75, 3.05) is 4.90 Å². The summed E-state index contributed by atoms with van der Waals surface area (Å²) >= 11 is 0. The van der Waals surface area contributed by atoms with Gasteiger partial charge in [-0.2, -0.15) is 0 Å². The van der Waals surface area contributed by atoms with Crippen LogP contribution in [0.2, 0.25) is 0 Å². The van der Waals surface area contributed by atoms with Crippen molar-refractivity contribution in [1.29, 1.82) is 0 Å². The molecule has 3 heterocycles. The van der Waals surface area contributed by atoms with Crippen molar-refractivity contribution in [3.05, 3.63) is 254 Å². The minimum atomic E-state index is 1.01. The Labute approximate surface area is 377 Å². The molecule has 0 saturated carbocycles. The average molecular weight is 828 g/mol. The maximum Gasteiger partial charge on any atom is 0.0541 e. The fraction of sp³-hybridized carbons (Fsp3) is 0. The van der Waals surface area contributed by atoms with Gasteiger partial charge in [0.05, 0.1) is 33.4 Å². The first kappa shape index (κ1) is 36.9. The van der Waals surface area contributed by atoms with Gasteiger partial charge in [-0.3, -0.25) is 0 Å². The van der Waals surface area contributed by atoms with E-state index in [1.165, 1.54) is 65.9 Å². The van der Waals surface area contributed by atoms with Gasteiger partial charge in [0.15, 0.2) is 0 Å². The third kappa shape index (κ3) is 5.90. The SMILES string of the molecule is C=C1c2cc(-c3ccc4c(c3)c3ccccc3n4-c3ccccc3)ccc2N(c2ccc(-c3ccccc3)cc2)c2ccc(-c3ccc4c(c3)c3ccccc3n4-c3ccccc3)cc21. The van der Waals surface area contributed by atoms with Crippen LogP contribution in [0.4, 0.5) is 17.1 Å². The molecule has 0 fully saturated rings. The predicted octanol–water partition coefficient (Wildman–Crippen LogP) is 16.7. The molecule has 65 heavy (non-hydrogen) atoms. The Hall–Kier alpha value is -8.66. The first-order chi connectivity index (χ1) is 32.2. The van der Waals surface area contributed by atoms with Crippen LogP contribution in [0.1, 0.15) is 11.1 Å². The summed E-state index contributed by atoms with van der Waals surface area (Å²) in [5.41, 5.74) is 20.7. The van der Waals surface area contributed by atoms with E-state index in [0.29, 0.717) is 0 Å². The van der Waals surface area contributed by atoms with Crippen molar-refractivity contribution < 1.29 is 0 Å². The lowest BCUT2D eigenvalue weighted by atomic mass is 9.86. The van der Waals surface area contributed by atoms with Crippen LogP contribution in [0.15, 0.2) is 243 Å². The number of rotatable bonds is 6. The highest BCUT2D eigenvalue weighted by molar-refractivity contribution is 6.12. The van der Waals surface area contributed by atoms with Crippen molar-refractivity contribution >= 4 is 66.2 Å². The molecule has 1 aliphatic rings. The van der Waals surface area contributed by atoms with Gasteiger partial charge < -0.3 is 14.0 Å². The smallest absolute Gasteiger partial charge is 0.0541 e. The summed E-state index contributed by atoms with van der Waals surface area (Å²) in [6.45, 7) is 4.87. The highest BCUT2D eigenvalue weighted by atomic mass is 15.2. The van der Waals surface area contributed by atoms with Crippen LogP contribution in [0.3, 0.4) is 0 Å². The molecule has 13 rings (SSSR count). The van der Waals surface area contributed by atoms with E-state index in [-0.39, 0.29) is 0 Å². The fourth-order valence-electron chi connectivity index (χ4n) is 10.3. The van der Waals surface area contributed by atoms with E-state index in [2.05, 4.69) is 251 Å². The molecule has 0 atom stereocenters. The van der Waals surface area contributed by atoms with Gasteiger partial charge in [0, 0.05) is 49.7 Å². The molecule has 3 heteroatoms. The summed E-state index contributed by atoms with van der Waals surface area (Å²) in [6, 6.07) is 86.0. The topological polar surface area (TPSA) is 13.1 Å². The molecule has 3 nitrogen and oxygen atoms in total. The zero-order valence-corrected chi connectivity index (χ0v) is 35.6. The number of para-hydroxylation sites is 4. The molecule has 0 radical (unpaired) electrons. The van der Waals surface area contributed by atoms with Gasteiger partial charge in [-0.1, -0.05) is 146 Å². The highest BCUT2D eigenvalue weighted by Crippen LogP contribution is 2.51. The molecule has 0 saturated heterocycles. The summed E-state index contributed by atoms with van der Waals surface area (Å²) in [5, 5.41) is 4.95. The molecule has 0 unspecified atom stereocenters. The lowest BCUT2D eigenvalue weighted by molar-refractivity contribution is 1.18. The van der Waals surface area contributed by atoms with Gasteiger partial charge in [0.2, 0.25) is 0 Å². The molecule has 1 aliphatic heterocycles. The Morgan fingerprint density at radius 2 is 0.631 bits per heavy atom. The summed E-state index contributed by atoms with van der Waals surface area (Å²) in [7, 11) is 0. The Balaban J connectivity index is 0.956. The number of fused-ring (bicyclic) bond motifs is 8. The standard InChI is InChI=1S/C62H41N3/c1-41-53-37-44(46-29-35-61-55(39-46)51-21-11-13-23-57(51)63(61)48-17-7-3-8-18-48)27-33-59(53)65(50-31-25-43(26-32-50)42-15-5-2-6-16-42)60-34-28-45(38-54(41)60)47-30-36-62-56(40-47)52-22-12-14-24-58(52)64(62)49-19-9-4-10-20-49/h2-40H,1H2. The van der Waals surface area contributed by atoms with E-state index in [4.69, 9.17) is 6.58 Å². The monoisotopic (exact) mass is 827 g/mol. The lowest BCUT2D eigenvalue weighted by Crippen LogP contribution is -2.18. The molecule has 12 aromatic rings. The summed E-state index contributed by atoms with van der Waals surface area (Å²) in [6.07, 6.45) is 0. The molecule has 304 valence electrons. The molecule has 0 bridgehead atoms. The van der Waals surface area contributed by atoms with E-state index < -0.39 is 0 Å². The molecule has 0 spiro atoms. The second-order valence-corrected chi connectivity index (χ2v) is 17.0. The zero-order valence-electron chi connectivity index (χ0n) is 35.6. The maximum atomic E-state index is 4.87. The third-order valence-electron chi connectivity index (χ3n) is 13.4. The average Bonchev–Trinajstić information content (AvgIpc) is 3.89. The first-order valence-corrected chi connectivity index (χ1v) is 22.3. The number of nitrogens with zero attached hydrogens (tertiary/aromatic N) is 3. The lowest BCUT2D eigenvalue weighted by Gasteiger charge is -2.35. The molecular formula is C62H41N3. The molecule has 0 aliphatic carbocycles. The first-order valence-electron chi connectivity index (χ1n) is 22.3. The van der Waals surface area contributed by atoms with Crippen LogP contribution in [-0.2, 0) is 0 Å². The van der Waals surface area contributed by atoms with E-state index in [9.17, 15) is 0 Å². The van der Waals surface area contributed by atoms with Gasteiger partial charge in [-0.05, 0) is 136 Å². The van der Waals surface area contributed by atoms with Gasteiger partial charge in [-0.15, -0.1) is 0 Å². The van der Waals surface area contributed by atoms with Crippen LogP contribution in [-0.4, -0.2) is 9.13 Å². The van der Waals surface area contributed by atoms with Crippen LogP contribution in [0.25, 0.3) is 93.9 Å². The van der Waals surface area contributed by atoms with Gasteiger partial charge >= 0.3 is 0 Å². The van der Waals surface area contributed by atoms with Crippen LogP contribution in [0.5, 0.6) is 0 Å². The third-order valence-corrected chi connectivity index (χ3v) is 13.4. The molecular weight excluding hydrogens is 787 g/mol. The van der Waals surface area contributed by atoms with Crippen LogP contribution >= 0.6 is 0 Å². The molecule has 10 aromatic carbocycles. The number of hydrogen-bond donors (Lipinski definition) is 0. The van der Waals surface area contributed by atoms with E-state index >= 15 is 0 Å². The normalized spacial score (nSPS) is 12.3. The van der Waals surface area contributed by atoms with Crippen molar-refractivity contribution in [1.82, 2.24) is 9.13 Å². The van der Waals surface area contributed by atoms with Crippen LogP contribution < -0.4 is 4.90 Å². The van der Waals surface area contributed by atoms with Gasteiger partial charge in [-0.25, -0.2) is 0 Å². The van der Waals surface area contributed by atoms with Crippen LogP contribution in [0, 0.1) is 0 Å². The summed E-state index contributed by atoms with van der Waals surface area (Å²) < 4.78 is 4.75. The molecule has 0 N–H and O–H groups in total. The molecule has 0 amide bonds. The van der Waals surface area contributed by atoms with E-state index in [1.54, 1.807) is 0 Å². The number of anilines is 3. The van der Waals surface area contributed by atoms with Crippen molar-refractivity contribution in [2.45, 2.75) is 0 Å². The largest absolute Gasteiger partial charge is 0.309 e. The van der Waals surface area contributed by atoms with Crippen molar-refractivity contribution in [2.24, 2.45) is 0 Å². The maximum absolute atomic E-state index is 4.87. The van der Waals surface area contributed by atoms with E-state index in [0.717, 1.165) is 56.3 Å². The minimum Gasteiger partial charge on any atom is -0.309 e. The summed E-state index contributed by atoms with van der Waals surface area (Å²) in [4.78, 5) is 2.41. The number of benzene rings is 10. The predicted molar refractivity (Wildman–Crippen MR) is 274 cm³/mol. The Morgan fingerprint density at radius 3 is 1.12 bits per heavy atom. The Kier molecular flexibility index (Phi) is 8.37. The summed E-state index contributed by atoms with van der Waals surface area (Å²) in [5.74, 6) is 0. The second-order valence-electron chi connectivity index (χ2n) is 17.0. The van der Waals surface area contributed by atoms with Crippen molar-refractivity contribution in [3.8, 4) is 44.8 Å². The minimum absolute atomic E-state index is 1.01. The number of aromatic nitrogens is 2. The Bertz CT molecular complexity index is 3610. The highest BCUT2D eigenvalue weighted by Gasteiger charge is 2.28. The van der Waals surface area contributed by atoms with Gasteiger partial charge in [0.1, 0.15) is 0 Å². The zero-order chi connectivity index (χ0) is 43.0. The second kappa shape index (κ2) is 14.7. The fourth-order valence-corrected chi connectivity index (χ4v) is 10.3. The molecule has 2 aromatic heterocycles. The van der Waals surface area contributed by atoms with Gasteiger partial charge in [0.25, 0.3) is 0 Å². The quantitative estimate of drug-likeness (QED) is 0.163. The van der Waals surface area contributed by atoms with Crippen molar-refractivity contribution in [3.63, 3.8) is 0 Å².